The van der Waals surface area contributed by atoms with E-state index >= 15 is 0 Å². The largest absolute Gasteiger partial charge is 0.481 e. The van der Waals surface area contributed by atoms with Gasteiger partial charge in [-0.25, -0.2) is 0 Å². The summed E-state index contributed by atoms with van der Waals surface area (Å²) < 4.78 is 5.74. The summed E-state index contributed by atoms with van der Waals surface area (Å²) in [7, 11) is 0. The van der Waals surface area contributed by atoms with E-state index in [0.29, 0.717) is 25.6 Å². The molecule has 20 heavy (non-hydrogen) atoms. The number of fused-ring (bicyclic) bond motifs is 2. The van der Waals surface area contributed by atoms with Crippen molar-refractivity contribution >= 4 is 23.1 Å². The summed E-state index contributed by atoms with van der Waals surface area (Å²) in [5.41, 5.74) is 0.838. The Morgan fingerprint density at radius 2 is 2.35 bits per heavy atom. The van der Waals surface area contributed by atoms with Gasteiger partial charge in [-0.2, -0.15) is 4.98 Å². The highest BCUT2D eigenvalue weighted by molar-refractivity contribution is 5.79. The van der Waals surface area contributed by atoms with E-state index in [4.69, 9.17) is 4.42 Å². The first-order valence-electron chi connectivity index (χ1n) is 6.74. The molecular weight excluding hydrogens is 258 g/mol. The van der Waals surface area contributed by atoms with Crippen LogP contribution in [0.25, 0.3) is 11.1 Å². The smallest absolute Gasteiger partial charge is 0.313 e. The molecule has 0 spiro atoms. The minimum absolute atomic E-state index is 0.106. The molecule has 3 heterocycles. The summed E-state index contributed by atoms with van der Waals surface area (Å²) in [6.07, 6.45) is 0. The maximum Gasteiger partial charge on any atom is 0.313 e. The number of carboxylic acid groups (broad SMARTS) is 1. The summed E-state index contributed by atoms with van der Waals surface area (Å²) in [6.45, 7) is 2.38. The van der Waals surface area contributed by atoms with Crippen molar-refractivity contribution in [3.05, 3.63) is 24.3 Å². The van der Waals surface area contributed by atoms with Gasteiger partial charge in [-0.15, -0.1) is 0 Å². The number of aromatic nitrogens is 1. The lowest BCUT2D eigenvalue weighted by molar-refractivity contribution is -0.148. The van der Waals surface area contributed by atoms with Crippen LogP contribution in [0.4, 0.5) is 6.01 Å². The number of benzene rings is 1. The van der Waals surface area contributed by atoms with Crippen LogP contribution in [0, 0.1) is 11.3 Å². The molecule has 6 nitrogen and oxygen atoms in total. The maximum atomic E-state index is 11.6. The Hall–Kier alpha value is -2.08. The van der Waals surface area contributed by atoms with E-state index in [9.17, 15) is 9.90 Å². The third-order valence-electron chi connectivity index (χ3n) is 4.51. The maximum absolute atomic E-state index is 11.6. The fourth-order valence-electron chi connectivity index (χ4n) is 3.36. The average Bonchev–Trinajstić information content (AvgIpc) is 3.09. The highest BCUT2D eigenvalue weighted by Crippen LogP contribution is 2.41. The Bertz CT molecular complexity index is 650. The molecule has 1 aromatic heterocycles. The molecule has 1 aromatic carbocycles. The number of nitrogens with zero attached hydrogens (tertiary/aromatic N) is 2. The van der Waals surface area contributed by atoms with Crippen molar-refractivity contribution in [1.29, 1.82) is 0 Å². The number of hydrogen-bond donors (Lipinski definition) is 2. The molecule has 0 unspecified atom stereocenters. The molecule has 2 aromatic rings. The van der Waals surface area contributed by atoms with Gasteiger partial charge in [-0.3, -0.25) is 4.79 Å². The summed E-state index contributed by atoms with van der Waals surface area (Å²) in [4.78, 5) is 18.1. The van der Waals surface area contributed by atoms with Gasteiger partial charge in [0, 0.05) is 32.1 Å². The first kappa shape index (κ1) is 11.7. The standard InChI is InChI=1S/C14H15N3O3/c18-12(19)14-7-15-5-9(14)6-17(8-14)13-16-10-3-1-2-4-11(10)20-13/h1-4,9,15H,5-8H2,(H,18,19)/t9-,14-/m1/s1. The van der Waals surface area contributed by atoms with Crippen molar-refractivity contribution in [3.63, 3.8) is 0 Å². The third kappa shape index (κ3) is 1.48. The number of nitrogens with one attached hydrogen (secondary N) is 1. The van der Waals surface area contributed by atoms with Crippen molar-refractivity contribution in [2.24, 2.45) is 11.3 Å². The Balaban J connectivity index is 1.69. The normalized spacial score (nSPS) is 29.0. The van der Waals surface area contributed by atoms with Crippen molar-refractivity contribution in [2.75, 3.05) is 31.1 Å². The van der Waals surface area contributed by atoms with Crippen LogP contribution < -0.4 is 10.2 Å². The van der Waals surface area contributed by atoms with Gasteiger partial charge in [0.05, 0.1) is 0 Å². The molecule has 6 heteroatoms. The van der Waals surface area contributed by atoms with Gasteiger partial charge < -0.3 is 19.7 Å². The number of carbonyl (C=O) groups is 1. The van der Waals surface area contributed by atoms with Crippen LogP contribution in [-0.2, 0) is 4.79 Å². The van der Waals surface area contributed by atoms with Gasteiger partial charge >= 0.3 is 5.97 Å². The van der Waals surface area contributed by atoms with E-state index in [1.807, 2.05) is 29.2 Å². The van der Waals surface area contributed by atoms with Crippen LogP contribution in [0.3, 0.4) is 0 Å². The molecule has 0 bridgehead atoms. The molecule has 2 fully saturated rings. The van der Waals surface area contributed by atoms with Crippen LogP contribution in [0.5, 0.6) is 0 Å². The molecule has 4 rings (SSSR count). The van der Waals surface area contributed by atoms with Crippen molar-refractivity contribution in [1.82, 2.24) is 10.3 Å². The van der Waals surface area contributed by atoms with Gasteiger partial charge in [-0.05, 0) is 12.1 Å². The van der Waals surface area contributed by atoms with Crippen LogP contribution in [-0.4, -0.2) is 42.2 Å². The van der Waals surface area contributed by atoms with Gasteiger partial charge in [-0.1, -0.05) is 12.1 Å². The first-order valence-corrected chi connectivity index (χ1v) is 6.74. The molecule has 104 valence electrons. The Morgan fingerprint density at radius 1 is 1.50 bits per heavy atom. The average molecular weight is 273 g/mol. The van der Waals surface area contributed by atoms with Crippen molar-refractivity contribution in [3.8, 4) is 0 Å². The number of oxazole rings is 1. The minimum atomic E-state index is -0.730. The molecule has 2 aliphatic rings. The second-order valence-electron chi connectivity index (χ2n) is 5.63. The minimum Gasteiger partial charge on any atom is -0.481 e. The van der Waals surface area contributed by atoms with Crippen molar-refractivity contribution < 1.29 is 14.3 Å². The van der Waals surface area contributed by atoms with Gasteiger partial charge in [0.25, 0.3) is 6.01 Å². The molecule has 2 atom stereocenters. The van der Waals surface area contributed by atoms with Gasteiger partial charge in [0.1, 0.15) is 10.9 Å². The van der Waals surface area contributed by atoms with Crippen molar-refractivity contribution in [2.45, 2.75) is 0 Å². The Morgan fingerprint density at radius 3 is 3.10 bits per heavy atom. The highest BCUT2D eigenvalue weighted by atomic mass is 16.4. The zero-order chi connectivity index (χ0) is 13.7. The number of carboxylic acids is 1. The van der Waals surface area contributed by atoms with Crippen LogP contribution in [0.2, 0.25) is 0 Å². The quantitative estimate of drug-likeness (QED) is 0.847. The van der Waals surface area contributed by atoms with Crippen LogP contribution >= 0.6 is 0 Å². The summed E-state index contributed by atoms with van der Waals surface area (Å²) in [6, 6.07) is 8.11. The lowest BCUT2D eigenvalue weighted by atomic mass is 9.81. The zero-order valence-corrected chi connectivity index (χ0v) is 10.9. The lowest BCUT2D eigenvalue weighted by Gasteiger charge is -2.21. The summed E-state index contributed by atoms with van der Waals surface area (Å²) in [5, 5.41) is 12.7. The van der Waals surface area contributed by atoms with Crippen LogP contribution in [0.1, 0.15) is 0 Å². The molecule has 0 aliphatic carbocycles. The van der Waals surface area contributed by atoms with E-state index in [2.05, 4.69) is 10.3 Å². The topological polar surface area (TPSA) is 78.6 Å². The van der Waals surface area contributed by atoms with E-state index in [1.165, 1.54) is 0 Å². The fraction of sp³-hybridized carbons (Fsp3) is 0.429. The van der Waals surface area contributed by atoms with E-state index in [-0.39, 0.29) is 5.92 Å². The third-order valence-corrected chi connectivity index (χ3v) is 4.51. The first-order chi connectivity index (χ1) is 9.69. The van der Waals surface area contributed by atoms with Crippen LogP contribution in [0.15, 0.2) is 28.7 Å². The van der Waals surface area contributed by atoms with Gasteiger partial charge in [0.2, 0.25) is 0 Å². The molecule has 2 N–H and O–H groups in total. The summed E-state index contributed by atoms with van der Waals surface area (Å²) >= 11 is 0. The fourth-order valence-corrected chi connectivity index (χ4v) is 3.36. The molecule has 0 saturated carbocycles. The summed E-state index contributed by atoms with van der Waals surface area (Å²) in [5.74, 6) is -0.624. The molecule has 2 saturated heterocycles. The molecular formula is C14H15N3O3. The number of anilines is 1. The monoisotopic (exact) mass is 273 g/mol. The Kier molecular flexibility index (Phi) is 2.32. The van der Waals surface area contributed by atoms with E-state index in [0.717, 1.165) is 17.6 Å². The van der Waals surface area contributed by atoms with E-state index < -0.39 is 11.4 Å². The SMILES string of the molecule is O=C(O)[C@@]12CNC[C@@H]1CN(c1nc3ccccc3o1)C2. The number of hydrogen-bond acceptors (Lipinski definition) is 5. The lowest BCUT2D eigenvalue weighted by Crippen LogP contribution is -2.40. The predicted molar refractivity (Wildman–Crippen MR) is 72.7 cm³/mol. The van der Waals surface area contributed by atoms with E-state index in [1.54, 1.807) is 0 Å². The molecule has 0 amide bonds. The number of rotatable bonds is 2. The highest BCUT2D eigenvalue weighted by Gasteiger charge is 2.56. The number of para-hydroxylation sites is 2. The van der Waals surface area contributed by atoms with Gasteiger partial charge in [0.15, 0.2) is 5.58 Å². The Labute approximate surface area is 115 Å². The molecule has 2 aliphatic heterocycles. The second kappa shape index (κ2) is 3.96. The molecule has 0 radical (unpaired) electrons. The number of aliphatic carboxylic acids is 1. The zero-order valence-electron chi connectivity index (χ0n) is 10.9. The second-order valence-corrected chi connectivity index (χ2v) is 5.63. The predicted octanol–water partition coefficient (Wildman–Crippen LogP) is 0.938.